The Balaban J connectivity index is 1.64. The largest absolute Gasteiger partial charge is 0.492 e. The summed E-state index contributed by atoms with van der Waals surface area (Å²) >= 11 is 0. The first-order valence-corrected chi connectivity index (χ1v) is 10.9. The van der Waals surface area contributed by atoms with Crippen molar-refractivity contribution in [1.29, 1.82) is 0 Å². The number of hydrogen-bond donors (Lipinski definition) is 1. The molecule has 1 heterocycles. The van der Waals surface area contributed by atoms with Crippen LogP contribution < -0.4 is 4.74 Å². The Morgan fingerprint density at radius 3 is 2.72 bits per heavy atom. The van der Waals surface area contributed by atoms with Crippen LogP contribution in [-0.2, 0) is 17.9 Å². The van der Waals surface area contributed by atoms with Crippen molar-refractivity contribution in [3.63, 3.8) is 0 Å². The summed E-state index contributed by atoms with van der Waals surface area (Å²) in [6, 6.07) is 19.1. The van der Waals surface area contributed by atoms with E-state index < -0.39 is 11.9 Å². The van der Waals surface area contributed by atoms with Crippen LogP contribution >= 0.6 is 0 Å². The molecule has 1 unspecified atom stereocenters. The average molecular weight is 434 g/mol. The average Bonchev–Trinajstić information content (AvgIpc) is 2.95. The molecule has 32 heavy (non-hydrogen) atoms. The quantitative estimate of drug-likeness (QED) is 0.562. The van der Waals surface area contributed by atoms with Crippen LogP contribution in [0.15, 0.2) is 60.7 Å². The van der Waals surface area contributed by atoms with E-state index in [2.05, 4.69) is 17.9 Å². The summed E-state index contributed by atoms with van der Waals surface area (Å²) in [5.74, 6) is -0.921. The molecule has 1 aliphatic heterocycles. The number of benzene rings is 3. The third-order valence-electron chi connectivity index (χ3n) is 6.11. The number of para-hydroxylation sites is 1. The first kappa shape index (κ1) is 22.0. The Bertz CT molecular complexity index is 1130. The highest BCUT2D eigenvalue weighted by atomic mass is 19.1. The van der Waals surface area contributed by atoms with E-state index in [4.69, 9.17) is 4.74 Å². The van der Waals surface area contributed by atoms with Crippen LogP contribution in [0.1, 0.15) is 45.7 Å². The van der Waals surface area contributed by atoms with Gasteiger partial charge in [0.25, 0.3) is 0 Å². The molecule has 0 radical (unpaired) electrons. The van der Waals surface area contributed by atoms with Gasteiger partial charge in [-0.3, -0.25) is 9.69 Å². The lowest BCUT2D eigenvalue weighted by atomic mass is 9.86. The molecule has 0 amide bonds. The first-order valence-electron chi connectivity index (χ1n) is 10.9. The van der Waals surface area contributed by atoms with Gasteiger partial charge in [0.2, 0.25) is 0 Å². The van der Waals surface area contributed by atoms with Crippen LogP contribution in [0.2, 0.25) is 0 Å². The van der Waals surface area contributed by atoms with Gasteiger partial charge < -0.3 is 9.84 Å². The molecule has 0 saturated heterocycles. The highest BCUT2D eigenvalue weighted by Crippen LogP contribution is 2.32. The summed E-state index contributed by atoms with van der Waals surface area (Å²) < 4.78 is 20.6. The van der Waals surface area contributed by atoms with Crippen LogP contribution in [-0.4, -0.2) is 29.1 Å². The predicted molar refractivity (Wildman–Crippen MR) is 122 cm³/mol. The molecule has 0 aromatic heterocycles. The van der Waals surface area contributed by atoms with E-state index in [0.717, 1.165) is 46.7 Å². The second kappa shape index (κ2) is 9.53. The lowest BCUT2D eigenvalue weighted by Gasteiger charge is -2.23. The molecule has 1 atom stereocenters. The van der Waals surface area contributed by atoms with Gasteiger partial charge in [-0.2, -0.15) is 0 Å². The minimum atomic E-state index is -0.946. The van der Waals surface area contributed by atoms with E-state index in [9.17, 15) is 14.3 Å². The van der Waals surface area contributed by atoms with Gasteiger partial charge in [0.05, 0.1) is 6.42 Å². The van der Waals surface area contributed by atoms with Gasteiger partial charge in [0.1, 0.15) is 18.2 Å². The standard InChI is InChI=1S/C27H28FNO3/c1-18-7-10-23(25(28)13-18)24(15-27(30)31)20-9-8-19(2)22(14-20)17-29-11-12-32-26-6-4-3-5-21(26)16-29/h3-10,13-14,24H,11-12,15-17H2,1-2H3,(H,30,31). The molecule has 0 aliphatic carbocycles. The van der Waals surface area contributed by atoms with Gasteiger partial charge in [0.15, 0.2) is 0 Å². The van der Waals surface area contributed by atoms with Crippen LogP contribution in [0, 0.1) is 19.7 Å². The van der Waals surface area contributed by atoms with Gasteiger partial charge in [0, 0.05) is 31.1 Å². The zero-order chi connectivity index (χ0) is 22.7. The normalized spacial score (nSPS) is 14.8. The van der Waals surface area contributed by atoms with Gasteiger partial charge in [-0.1, -0.05) is 48.5 Å². The van der Waals surface area contributed by atoms with Crippen LogP contribution in [0.4, 0.5) is 4.39 Å². The fraction of sp³-hybridized carbons (Fsp3) is 0.296. The highest BCUT2D eigenvalue weighted by molar-refractivity contribution is 5.69. The minimum Gasteiger partial charge on any atom is -0.492 e. The molecule has 3 aromatic rings. The molecule has 5 heteroatoms. The number of ether oxygens (including phenoxy) is 1. The Hall–Kier alpha value is -3.18. The Morgan fingerprint density at radius 1 is 1.12 bits per heavy atom. The third-order valence-corrected chi connectivity index (χ3v) is 6.11. The van der Waals surface area contributed by atoms with Gasteiger partial charge in [-0.05, 0) is 53.8 Å². The second-order valence-corrected chi connectivity index (χ2v) is 8.53. The topological polar surface area (TPSA) is 49.8 Å². The van der Waals surface area contributed by atoms with Crippen LogP contribution in [0.3, 0.4) is 0 Å². The van der Waals surface area contributed by atoms with E-state index in [1.54, 1.807) is 6.07 Å². The number of carboxylic acids is 1. The Morgan fingerprint density at radius 2 is 1.94 bits per heavy atom. The molecular formula is C27H28FNO3. The molecule has 0 bridgehead atoms. The molecular weight excluding hydrogens is 405 g/mol. The summed E-state index contributed by atoms with van der Waals surface area (Å²) in [6.07, 6.45) is -0.159. The Labute approximate surface area is 188 Å². The monoisotopic (exact) mass is 433 g/mol. The Kier molecular flexibility index (Phi) is 6.56. The maximum Gasteiger partial charge on any atom is 0.304 e. The molecule has 0 spiro atoms. The van der Waals surface area contributed by atoms with Crippen molar-refractivity contribution < 1.29 is 19.0 Å². The van der Waals surface area contributed by atoms with Crippen LogP contribution in [0.25, 0.3) is 0 Å². The summed E-state index contributed by atoms with van der Waals surface area (Å²) in [5, 5.41) is 9.52. The first-order chi connectivity index (χ1) is 15.4. The fourth-order valence-corrected chi connectivity index (χ4v) is 4.33. The van der Waals surface area contributed by atoms with E-state index in [0.29, 0.717) is 18.7 Å². The summed E-state index contributed by atoms with van der Waals surface area (Å²) in [7, 11) is 0. The fourth-order valence-electron chi connectivity index (χ4n) is 4.33. The van der Waals surface area contributed by atoms with Crippen LogP contribution in [0.5, 0.6) is 5.75 Å². The smallest absolute Gasteiger partial charge is 0.304 e. The number of hydrogen-bond acceptors (Lipinski definition) is 3. The number of aryl methyl sites for hydroxylation is 2. The zero-order valence-corrected chi connectivity index (χ0v) is 18.5. The SMILES string of the molecule is Cc1ccc(C(CC(=O)O)c2ccc(C)c(CN3CCOc4ccccc4C3)c2)c(F)c1. The maximum absolute atomic E-state index is 14.8. The number of halogens is 1. The van der Waals surface area contributed by atoms with Crippen molar-refractivity contribution in [2.45, 2.75) is 39.3 Å². The molecule has 0 saturated carbocycles. The number of carboxylic acid groups (broad SMARTS) is 1. The second-order valence-electron chi connectivity index (χ2n) is 8.53. The number of rotatable bonds is 6. The predicted octanol–water partition coefficient (Wildman–Crippen LogP) is 5.44. The van der Waals surface area contributed by atoms with Crippen molar-refractivity contribution in [2.75, 3.05) is 13.2 Å². The summed E-state index contributed by atoms with van der Waals surface area (Å²) in [4.78, 5) is 13.9. The number of nitrogens with zero attached hydrogens (tertiary/aromatic N) is 1. The zero-order valence-electron chi connectivity index (χ0n) is 18.5. The highest BCUT2D eigenvalue weighted by Gasteiger charge is 2.23. The molecule has 1 aliphatic rings. The van der Waals surface area contributed by atoms with Crippen molar-refractivity contribution in [2.24, 2.45) is 0 Å². The van der Waals surface area contributed by atoms with Crippen molar-refractivity contribution in [3.05, 3.63) is 99.9 Å². The van der Waals surface area contributed by atoms with E-state index in [1.807, 2.05) is 49.4 Å². The van der Waals surface area contributed by atoms with Gasteiger partial charge >= 0.3 is 5.97 Å². The van der Waals surface area contributed by atoms with Crippen molar-refractivity contribution in [1.82, 2.24) is 4.90 Å². The van der Waals surface area contributed by atoms with Gasteiger partial charge in [-0.15, -0.1) is 0 Å². The summed E-state index contributed by atoms with van der Waals surface area (Å²) in [5.41, 5.74) is 5.46. The molecule has 1 N–H and O–H groups in total. The number of fused-ring (bicyclic) bond motifs is 1. The molecule has 4 nitrogen and oxygen atoms in total. The molecule has 166 valence electrons. The van der Waals surface area contributed by atoms with Crippen molar-refractivity contribution >= 4 is 5.97 Å². The minimum absolute atomic E-state index is 0.159. The lowest BCUT2D eigenvalue weighted by Crippen LogP contribution is -2.25. The lowest BCUT2D eigenvalue weighted by molar-refractivity contribution is -0.137. The third kappa shape index (κ3) is 5.00. The molecule has 0 fully saturated rings. The number of carbonyl (C=O) groups is 1. The maximum atomic E-state index is 14.8. The van der Waals surface area contributed by atoms with Crippen molar-refractivity contribution in [3.8, 4) is 5.75 Å². The van der Waals surface area contributed by atoms with E-state index >= 15 is 0 Å². The summed E-state index contributed by atoms with van der Waals surface area (Å²) in [6.45, 7) is 6.79. The van der Waals surface area contributed by atoms with E-state index in [1.165, 1.54) is 6.07 Å². The van der Waals surface area contributed by atoms with E-state index in [-0.39, 0.29) is 12.2 Å². The number of aliphatic carboxylic acids is 1. The molecule has 3 aromatic carbocycles. The van der Waals surface area contributed by atoms with Gasteiger partial charge in [-0.25, -0.2) is 4.39 Å². The molecule has 4 rings (SSSR count).